The minimum Gasteiger partial charge on any atom is -0.465 e. The number of hydrogen-bond acceptors (Lipinski definition) is 5. The molecule has 3 rings (SSSR count). The first kappa shape index (κ1) is 19.4. The summed E-state index contributed by atoms with van der Waals surface area (Å²) in [5, 5.41) is 16.0. The SMILES string of the molecule is CC(C)CC(NC(=O)O)C(=O)N1CCN(c2ccc3ncc(Br)n3n2)CC1. The van der Waals surface area contributed by atoms with E-state index in [2.05, 4.69) is 36.2 Å². The molecule has 1 saturated heterocycles. The predicted molar refractivity (Wildman–Crippen MR) is 104 cm³/mol. The number of nitrogens with one attached hydrogen (secondary N) is 1. The highest BCUT2D eigenvalue weighted by atomic mass is 79.9. The maximum Gasteiger partial charge on any atom is 0.405 e. The summed E-state index contributed by atoms with van der Waals surface area (Å²) in [7, 11) is 0. The van der Waals surface area contributed by atoms with E-state index < -0.39 is 12.1 Å². The van der Waals surface area contributed by atoms with Crippen LogP contribution in [0.4, 0.5) is 10.6 Å². The number of nitrogens with zero attached hydrogens (tertiary/aromatic N) is 5. The van der Waals surface area contributed by atoms with Crippen molar-refractivity contribution < 1.29 is 14.7 Å². The standard InChI is InChI=1S/C17H23BrN6O3/c1-11(2)9-12(20-17(26)27)16(25)23-7-5-22(6-8-23)15-4-3-14-19-10-13(18)24(14)21-15/h3-4,10-12,20H,5-9H2,1-2H3,(H,26,27). The van der Waals surface area contributed by atoms with Gasteiger partial charge in [0.1, 0.15) is 16.5 Å². The van der Waals surface area contributed by atoms with Gasteiger partial charge in [0.25, 0.3) is 0 Å². The molecule has 146 valence electrons. The van der Waals surface area contributed by atoms with E-state index in [0.29, 0.717) is 32.6 Å². The number of fused-ring (bicyclic) bond motifs is 1. The number of carbonyl (C=O) groups is 2. The maximum atomic E-state index is 12.7. The molecule has 2 aromatic rings. The minimum atomic E-state index is -1.17. The highest BCUT2D eigenvalue weighted by Gasteiger charge is 2.29. The lowest BCUT2D eigenvalue weighted by Crippen LogP contribution is -2.55. The Hall–Kier alpha value is -2.36. The van der Waals surface area contributed by atoms with Gasteiger partial charge in [0.15, 0.2) is 5.65 Å². The molecule has 9 nitrogen and oxygen atoms in total. The molecule has 0 spiro atoms. The normalized spacial score (nSPS) is 16.0. The Morgan fingerprint density at radius 3 is 2.59 bits per heavy atom. The molecule has 0 saturated carbocycles. The molecule has 0 bridgehead atoms. The van der Waals surface area contributed by atoms with Gasteiger partial charge in [0, 0.05) is 26.2 Å². The van der Waals surface area contributed by atoms with Gasteiger partial charge in [-0.25, -0.2) is 14.3 Å². The Bertz CT molecular complexity index is 831. The van der Waals surface area contributed by atoms with Gasteiger partial charge in [-0.2, -0.15) is 0 Å². The lowest BCUT2D eigenvalue weighted by Gasteiger charge is -2.37. The summed E-state index contributed by atoms with van der Waals surface area (Å²) in [5.74, 6) is 0.874. The zero-order valence-electron chi connectivity index (χ0n) is 15.3. The highest BCUT2D eigenvalue weighted by molar-refractivity contribution is 9.10. The molecule has 2 aromatic heterocycles. The predicted octanol–water partition coefficient (Wildman–Crippen LogP) is 1.82. The molecule has 0 radical (unpaired) electrons. The average molecular weight is 439 g/mol. The van der Waals surface area contributed by atoms with Crippen LogP contribution in [0.3, 0.4) is 0 Å². The summed E-state index contributed by atoms with van der Waals surface area (Å²) in [6.45, 7) is 6.27. The van der Waals surface area contributed by atoms with Gasteiger partial charge >= 0.3 is 6.09 Å². The summed E-state index contributed by atoms with van der Waals surface area (Å²) in [5.41, 5.74) is 0.760. The highest BCUT2D eigenvalue weighted by Crippen LogP contribution is 2.18. The van der Waals surface area contributed by atoms with Crippen LogP contribution in [0.2, 0.25) is 0 Å². The number of carbonyl (C=O) groups excluding carboxylic acids is 1. The lowest BCUT2D eigenvalue weighted by atomic mass is 10.0. The van der Waals surface area contributed by atoms with Crippen LogP contribution >= 0.6 is 15.9 Å². The first-order chi connectivity index (χ1) is 12.8. The second-order valence-corrected chi connectivity index (χ2v) is 7.80. The Morgan fingerprint density at radius 2 is 1.96 bits per heavy atom. The molecule has 1 unspecified atom stereocenters. The molecule has 0 aliphatic carbocycles. The van der Waals surface area contributed by atoms with Gasteiger partial charge in [-0.05, 0) is 40.4 Å². The van der Waals surface area contributed by atoms with E-state index in [1.807, 2.05) is 26.0 Å². The van der Waals surface area contributed by atoms with Gasteiger partial charge in [-0.15, -0.1) is 5.10 Å². The zero-order chi connectivity index (χ0) is 19.6. The van der Waals surface area contributed by atoms with E-state index in [0.717, 1.165) is 16.1 Å². The topological polar surface area (TPSA) is 103 Å². The van der Waals surface area contributed by atoms with Crippen molar-refractivity contribution in [2.24, 2.45) is 5.92 Å². The number of piperazine rings is 1. The molecule has 10 heteroatoms. The van der Waals surface area contributed by atoms with E-state index >= 15 is 0 Å². The fourth-order valence-electron chi connectivity index (χ4n) is 3.22. The molecule has 2 amide bonds. The quantitative estimate of drug-likeness (QED) is 0.737. The van der Waals surface area contributed by atoms with E-state index in [-0.39, 0.29) is 11.8 Å². The van der Waals surface area contributed by atoms with Crippen molar-refractivity contribution in [3.63, 3.8) is 0 Å². The van der Waals surface area contributed by atoms with Crippen molar-refractivity contribution >= 4 is 39.4 Å². The fourth-order valence-corrected chi connectivity index (χ4v) is 3.59. The van der Waals surface area contributed by atoms with Crippen molar-refractivity contribution in [2.45, 2.75) is 26.3 Å². The number of imidazole rings is 1. The third kappa shape index (κ3) is 4.49. The summed E-state index contributed by atoms with van der Waals surface area (Å²) in [6, 6.07) is 3.12. The van der Waals surface area contributed by atoms with E-state index in [9.17, 15) is 9.59 Å². The number of halogens is 1. The lowest BCUT2D eigenvalue weighted by molar-refractivity contribution is -0.134. The van der Waals surface area contributed by atoms with E-state index in [4.69, 9.17) is 5.11 Å². The van der Waals surface area contributed by atoms with E-state index in [1.165, 1.54) is 0 Å². The number of amides is 2. The molecule has 1 aliphatic heterocycles. The summed E-state index contributed by atoms with van der Waals surface area (Å²) in [6.07, 6.45) is 1.02. The van der Waals surface area contributed by atoms with Crippen LogP contribution in [-0.2, 0) is 4.79 Å². The van der Waals surface area contributed by atoms with Crippen LogP contribution in [0.1, 0.15) is 20.3 Å². The second kappa shape index (κ2) is 8.12. The minimum absolute atomic E-state index is 0.161. The molecular formula is C17H23BrN6O3. The van der Waals surface area contributed by atoms with E-state index in [1.54, 1.807) is 15.6 Å². The molecule has 0 aromatic carbocycles. The first-order valence-corrected chi connectivity index (χ1v) is 9.68. The van der Waals surface area contributed by atoms with Crippen LogP contribution in [0.15, 0.2) is 22.9 Å². The van der Waals surface area contributed by atoms with Crippen molar-refractivity contribution in [3.05, 3.63) is 22.9 Å². The Labute approximate surface area is 165 Å². The molecule has 1 atom stereocenters. The maximum absolute atomic E-state index is 12.7. The average Bonchev–Trinajstić information content (AvgIpc) is 3.00. The second-order valence-electron chi connectivity index (χ2n) is 6.99. The number of carboxylic acid groups (broad SMARTS) is 1. The third-order valence-corrected chi connectivity index (χ3v) is 5.07. The monoisotopic (exact) mass is 438 g/mol. The van der Waals surface area contributed by atoms with Gasteiger partial charge < -0.3 is 20.2 Å². The summed E-state index contributed by atoms with van der Waals surface area (Å²) >= 11 is 3.42. The van der Waals surface area contributed by atoms with Crippen LogP contribution in [0, 0.1) is 5.92 Å². The van der Waals surface area contributed by atoms with Crippen LogP contribution in [0.25, 0.3) is 5.65 Å². The number of rotatable bonds is 5. The van der Waals surface area contributed by atoms with Crippen molar-refractivity contribution in [1.82, 2.24) is 24.8 Å². The smallest absolute Gasteiger partial charge is 0.405 e. The van der Waals surface area contributed by atoms with Crippen LogP contribution < -0.4 is 10.2 Å². The van der Waals surface area contributed by atoms with Crippen LogP contribution in [-0.4, -0.2) is 68.8 Å². The van der Waals surface area contributed by atoms with Gasteiger partial charge in [0.05, 0.1) is 6.20 Å². The number of aromatic nitrogens is 3. The fraction of sp³-hybridized carbons (Fsp3) is 0.529. The number of anilines is 1. The third-order valence-electron chi connectivity index (χ3n) is 4.52. The van der Waals surface area contributed by atoms with Gasteiger partial charge in [-0.1, -0.05) is 13.8 Å². The Kier molecular flexibility index (Phi) is 5.83. The van der Waals surface area contributed by atoms with Crippen LogP contribution in [0.5, 0.6) is 0 Å². The molecule has 1 fully saturated rings. The molecule has 1 aliphatic rings. The summed E-state index contributed by atoms with van der Waals surface area (Å²) in [4.78, 5) is 31.8. The first-order valence-electron chi connectivity index (χ1n) is 8.88. The zero-order valence-corrected chi connectivity index (χ0v) is 16.9. The molecular weight excluding hydrogens is 416 g/mol. The van der Waals surface area contributed by atoms with Crippen molar-refractivity contribution in [3.8, 4) is 0 Å². The van der Waals surface area contributed by atoms with Gasteiger partial charge in [0.2, 0.25) is 5.91 Å². The Morgan fingerprint density at radius 1 is 1.26 bits per heavy atom. The number of hydrogen-bond donors (Lipinski definition) is 2. The largest absolute Gasteiger partial charge is 0.465 e. The summed E-state index contributed by atoms with van der Waals surface area (Å²) < 4.78 is 2.51. The molecule has 3 heterocycles. The Balaban J connectivity index is 1.65. The molecule has 2 N–H and O–H groups in total. The van der Waals surface area contributed by atoms with Crippen molar-refractivity contribution in [1.29, 1.82) is 0 Å². The molecule has 27 heavy (non-hydrogen) atoms. The van der Waals surface area contributed by atoms with Crippen molar-refractivity contribution in [2.75, 3.05) is 31.1 Å². The van der Waals surface area contributed by atoms with Gasteiger partial charge in [-0.3, -0.25) is 4.79 Å².